The fourth-order valence-corrected chi connectivity index (χ4v) is 3.02. The van der Waals surface area contributed by atoms with Crippen LogP contribution in [0, 0.1) is 0 Å². The molecule has 3 rings (SSSR count). The van der Waals surface area contributed by atoms with Crippen LogP contribution in [-0.2, 0) is 11.3 Å². The number of pyridine rings is 1. The maximum absolute atomic E-state index is 12.5. The average molecular weight is 307 g/mol. The van der Waals surface area contributed by atoms with Crippen LogP contribution >= 0.6 is 11.6 Å². The summed E-state index contributed by atoms with van der Waals surface area (Å²) in [6.45, 7) is 3.89. The quantitative estimate of drug-likeness (QED) is 0.819. The van der Waals surface area contributed by atoms with Crippen molar-refractivity contribution in [1.82, 2.24) is 19.4 Å². The predicted molar refractivity (Wildman–Crippen MR) is 82.2 cm³/mol. The first-order valence-electron chi connectivity index (χ1n) is 7.39. The lowest BCUT2D eigenvalue weighted by molar-refractivity contribution is -0.132. The second-order valence-electron chi connectivity index (χ2n) is 5.48. The van der Waals surface area contributed by atoms with E-state index in [1.165, 1.54) is 6.42 Å². The molecule has 2 aromatic heterocycles. The number of hydrogen-bond donors (Lipinski definition) is 0. The molecule has 0 aromatic carbocycles. The van der Waals surface area contributed by atoms with Crippen LogP contribution in [0.5, 0.6) is 0 Å². The molecule has 0 N–H and O–H groups in total. The fraction of sp³-hybridized carbons (Fsp3) is 0.533. The van der Waals surface area contributed by atoms with Crippen LogP contribution in [-0.4, -0.2) is 38.4 Å². The number of hydrogen-bond acceptors (Lipinski definition) is 3. The van der Waals surface area contributed by atoms with E-state index in [0.29, 0.717) is 6.54 Å². The highest BCUT2D eigenvalue weighted by Crippen LogP contribution is 2.24. The molecule has 5 nitrogen and oxygen atoms in total. The second-order valence-corrected chi connectivity index (χ2v) is 6.13. The van der Waals surface area contributed by atoms with E-state index < -0.39 is 0 Å². The molecule has 1 atom stereocenters. The minimum absolute atomic E-state index is 0.143. The summed E-state index contributed by atoms with van der Waals surface area (Å²) in [5.74, 6) is 0.870. The van der Waals surface area contributed by atoms with Crippen LogP contribution < -0.4 is 0 Å². The van der Waals surface area contributed by atoms with Crippen LogP contribution in [0.4, 0.5) is 0 Å². The molecule has 112 valence electrons. The first-order valence-corrected chi connectivity index (χ1v) is 7.82. The summed E-state index contributed by atoms with van der Waals surface area (Å²) in [6.07, 6.45) is 6.83. The lowest BCUT2D eigenvalue weighted by Gasteiger charge is -2.27. The molecule has 1 fully saturated rings. The molecule has 0 radical (unpaired) electrons. The van der Waals surface area contributed by atoms with Gasteiger partial charge in [-0.05, 0) is 32.3 Å². The molecule has 2 aromatic rings. The van der Waals surface area contributed by atoms with Gasteiger partial charge in [-0.2, -0.15) is 0 Å². The number of amides is 1. The summed E-state index contributed by atoms with van der Waals surface area (Å²) < 4.78 is 1.92. The normalized spacial score (nSPS) is 17.1. The van der Waals surface area contributed by atoms with E-state index in [2.05, 4.69) is 9.97 Å². The summed E-state index contributed by atoms with van der Waals surface area (Å²) in [5.41, 5.74) is 1.70. The number of halogens is 1. The molecule has 0 aliphatic carbocycles. The fourth-order valence-electron chi connectivity index (χ4n) is 2.85. The minimum atomic E-state index is -0.244. The monoisotopic (exact) mass is 306 g/mol. The Labute approximate surface area is 128 Å². The molecular weight excluding hydrogens is 288 g/mol. The van der Waals surface area contributed by atoms with E-state index >= 15 is 0 Å². The zero-order valence-electron chi connectivity index (χ0n) is 12.1. The van der Waals surface area contributed by atoms with Crippen LogP contribution in [0.3, 0.4) is 0 Å². The largest absolute Gasteiger partial charge is 0.341 e. The van der Waals surface area contributed by atoms with Crippen molar-refractivity contribution in [3.63, 3.8) is 0 Å². The molecule has 1 amide bonds. The van der Waals surface area contributed by atoms with E-state index in [4.69, 9.17) is 11.6 Å². The van der Waals surface area contributed by atoms with Gasteiger partial charge < -0.3 is 9.47 Å². The van der Waals surface area contributed by atoms with Crippen molar-refractivity contribution in [1.29, 1.82) is 0 Å². The third-order valence-electron chi connectivity index (χ3n) is 3.94. The van der Waals surface area contributed by atoms with Crippen molar-refractivity contribution in [3.05, 3.63) is 24.3 Å². The van der Waals surface area contributed by atoms with Crippen molar-refractivity contribution in [2.24, 2.45) is 0 Å². The Balaban J connectivity index is 1.91. The number of alkyl halides is 1. The van der Waals surface area contributed by atoms with Crippen molar-refractivity contribution >= 4 is 28.5 Å². The third kappa shape index (κ3) is 2.88. The molecule has 1 unspecified atom stereocenters. The van der Waals surface area contributed by atoms with Crippen molar-refractivity contribution in [2.75, 3.05) is 13.1 Å². The van der Waals surface area contributed by atoms with Gasteiger partial charge in [-0.3, -0.25) is 9.78 Å². The standard InChI is InChI=1S/C15H19ClN4O/c1-11(16)15-18-12-9-17-6-5-13(12)20(15)10-14(21)19-7-3-2-4-8-19/h5-6,9,11H,2-4,7-8,10H2,1H3. The molecule has 1 aliphatic rings. The first kappa shape index (κ1) is 14.3. The van der Waals surface area contributed by atoms with Gasteiger partial charge in [-0.15, -0.1) is 11.6 Å². The maximum atomic E-state index is 12.5. The maximum Gasteiger partial charge on any atom is 0.242 e. The molecule has 0 saturated carbocycles. The zero-order valence-corrected chi connectivity index (χ0v) is 12.9. The number of piperidine rings is 1. The Hall–Kier alpha value is -1.62. The summed E-state index contributed by atoms with van der Waals surface area (Å²) in [5, 5.41) is -0.244. The Morgan fingerprint density at radius 1 is 1.38 bits per heavy atom. The summed E-state index contributed by atoms with van der Waals surface area (Å²) in [4.78, 5) is 23.0. The number of likely N-dealkylation sites (tertiary alicyclic amines) is 1. The van der Waals surface area contributed by atoms with Gasteiger partial charge in [0.2, 0.25) is 5.91 Å². The van der Waals surface area contributed by atoms with Gasteiger partial charge in [0, 0.05) is 19.3 Å². The number of imidazole rings is 1. The zero-order chi connectivity index (χ0) is 14.8. The number of aromatic nitrogens is 3. The molecule has 0 spiro atoms. The van der Waals surface area contributed by atoms with Crippen LogP contribution in [0.25, 0.3) is 11.0 Å². The van der Waals surface area contributed by atoms with Gasteiger partial charge in [0.15, 0.2) is 0 Å². The highest BCUT2D eigenvalue weighted by atomic mass is 35.5. The molecular formula is C15H19ClN4O. The average Bonchev–Trinajstić information content (AvgIpc) is 2.87. The molecule has 6 heteroatoms. The Kier molecular flexibility index (Phi) is 4.10. The number of fused-ring (bicyclic) bond motifs is 1. The highest BCUT2D eigenvalue weighted by molar-refractivity contribution is 6.20. The summed E-state index contributed by atoms with van der Waals surface area (Å²) in [7, 11) is 0. The first-order chi connectivity index (χ1) is 10.2. The third-order valence-corrected chi connectivity index (χ3v) is 4.13. The van der Waals surface area contributed by atoms with Crippen LogP contribution in [0.15, 0.2) is 18.5 Å². The molecule has 0 bridgehead atoms. The van der Waals surface area contributed by atoms with E-state index in [-0.39, 0.29) is 11.3 Å². The molecule has 1 saturated heterocycles. The molecule has 21 heavy (non-hydrogen) atoms. The van der Waals surface area contributed by atoms with Crippen LogP contribution in [0.2, 0.25) is 0 Å². The topological polar surface area (TPSA) is 51.0 Å². The minimum Gasteiger partial charge on any atom is -0.341 e. The van der Waals surface area contributed by atoms with E-state index in [0.717, 1.165) is 42.8 Å². The van der Waals surface area contributed by atoms with E-state index in [1.54, 1.807) is 12.4 Å². The Morgan fingerprint density at radius 3 is 2.86 bits per heavy atom. The molecule has 1 aliphatic heterocycles. The van der Waals surface area contributed by atoms with Gasteiger partial charge in [-0.25, -0.2) is 4.98 Å². The SMILES string of the molecule is CC(Cl)c1nc2cnccc2n1CC(=O)N1CCCCC1. The number of rotatable bonds is 3. The van der Waals surface area contributed by atoms with E-state index in [1.807, 2.05) is 22.5 Å². The Bertz CT molecular complexity index is 646. The second kappa shape index (κ2) is 6.02. The lowest BCUT2D eigenvalue weighted by Crippen LogP contribution is -2.38. The molecule has 3 heterocycles. The Morgan fingerprint density at radius 2 is 2.14 bits per heavy atom. The summed E-state index contributed by atoms with van der Waals surface area (Å²) in [6, 6.07) is 1.88. The van der Waals surface area contributed by atoms with Gasteiger partial charge in [0.1, 0.15) is 17.9 Å². The van der Waals surface area contributed by atoms with Crippen molar-refractivity contribution < 1.29 is 4.79 Å². The summed E-state index contributed by atoms with van der Waals surface area (Å²) >= 11 is 6.22. The van der Waals surface area contributed by atoms with Gasteiger partial charge in [-0.1, -0.05) is 0 Å². The lowest BCUT2D eigenvalue weighted by atomic mass is 10.1. The van der Waals surface area contributed by atoms with Gasteiger partial charge >= 0.3 is 0 Å². The van der Waals surface area contributed by atoms with E-state index in [9.17, 15) is 4.79 Å². The number of nitrogens with zero attached hydrogens (tertiary/aromatic N) is 4. The predicted octanol–water partition coefficient (Wildman–Crippen LogP) is 2.74. The van der Waals surface area contributed by atoms with Crippen molar-refractivity contribution in [3.8, 4) is 0 Å². The number of carbonyl (C=O) groups is 1. The highest BCUT2D eigenvalue weighted by Gasteiger charge is 2.21. The van der Waals surface area contributed by atoms with Crippen LogP contribution in [0.1, 0.15) is 37.4 Å². The van der Waals surface area contributed by atoms with Gasteiger partial charge in [0.05, 0.1) is 17.1 Å². The smallest absolute Gasteiger partial charge is 0.242 e. The number of carbonyl (C=O) groups excluding carboxylic acids is 1. The van der Waals surface area contributed by atoms with Gasteiger partial charge in [0.25, 0.3) is 0 Å². The van der Waals surface area contributed by atoms with Crippen molar-refractivity contribution in [2.45, 2.75) is 38.1 Å².